The molecule has 0 bridgehead atoms. The molecule has 0 aliphatic carbocycles. The highest BCUT2D eigenvalue weighted by Gasteiger charge is 2.23. The average molecular weight is 243 g/mol. The molecular formula is C7H9N5O5. The first kappa shape index (κ1) is 12.5. The van der Waals surface area contributed by atoms with Gasteiger partial charge in [0.25, 0.3) is 0 Å². The highest BCUT2D eigenvalue weighted by atomic mass is 16.4. The molecule has 0 aliphatic heterocycles. The lowest BCUT2D eigenvalue weighted by molar-refractivity contribution is -0.147. The van der Waals surface area contributed by atoms with Crippen LogP contribution in [0.4, 0.5) is 0 Å². The maximum absolute atomic E-state index is 11.3. The van der Waals surface area contributed by atoms with Crippen LogP contribution in [0.2, 0.25) is 0 Å². The number of carbonyl (C=O) groups is 3. The molecule has 1 atom stereocenters. The van der Waals surface area contributed by atoms with E-state index in [9.17, 15) is 14.4 Å². The Bertz CT molecular complexity index is 416. The fourth-order valence-corrected chi connectivity index (χ4v) is 1.01. The van der Waals surface area contributed by atoms with Crippen LogP contribution in [0.15, 0.2) is 6.33 Å². The number of carboxylic acid groups (broad SMARTS) is 2. The van der Waals surface area contributed by atoms with Gasteiger partial charge in [-0.2, -0.15) is 0 Å². The molecule has 3 N–H and O–H groups in total. The molecule has 1 rings (SSSR count). The van der Waals surface area contributed by atoms with Crippen LogP contribution in [0.25, 0.3) is 0 Å². The summed E-state index contributed by atoms with van der Waals surface area (Å²) in [6.45, 7) is -0.281. The maximum Gasteiger partial charge on any atom is 0.326 e. The summed E-state index contributed by atoms with van der Waals surface area (Å²) in [5, 5.41) is 29.1. The molecule has 0 aliphatic rings. The van der Waals surface area contributed by atoms with Crippen LogP contribution >= 0.6 is 0 Å². The number of nitrogens with one attached hydrogen (secondary N) is 1. The van der Waals surface area contributed by atoms with Crippen molar-refractivity contribution in [2.45, 2.75) is 19.0 Å². The van der Waals surface area contributed by atoms with E-state index in [0.29, 0.717) is 0 Å². The Balaban J connectivity index is 2.52. The van der Waals surface area contributed by atoms with Crippen molar-refractivity contribution in [2.75, 3.05) is 0 Å². The highest BCUT2D eigenvalue weighted by molar-refractivity contribution is 5.86. The molecule has 92 valence electrons. The fraction of sp³-hybridized carbons (Fsp3) is 0.429. The predicted octanol–water partition coefficient (Wildman–Crippen LogP) is -2.28. The second-order valence-corrected chi connectivity index (χ2v) is 3.06. The number of amides is 1. The number of aromatic nitrogens is 4. The molecule has 0 aromatic carbocycles. The Morgan fingerprint density at radius 1 is 1.35 bits per heavy atom. The fourth-order valence-electron chi connectivity index (χ4n) is 1.01. The number of hydrogen-bond acceptors (Lipinski definition) is 6. The largest absolute Gasteiger partial charge is 0.481 e. The number of rotatable bonds is 6. The molecule has 0 radical (unpaired) electrons. The Labute approximate surface area is 94.2 Å². The van der Waals surface area contributed by atoms with Crippen molar-refractivity contribution in [3.8, 4) is 0 Å². The Morgan fingerprint density at radius 2 is 2.06 bits per heavy atom. The van der Waals surface area contributed by atoms with E-state index < -0.39 is 30.3 Å². The molecule has 10 nitrogen and oxygen atoms in total. The molecule has 17 heavy (non-hydrogen) atoms. The zero-order valence-corrected chi connectivity index (χ0v) is 8.48. The van der Waals surface area contributed by atoms with Gasteiger partial charge in [0.05, 0.1) is 6.42 Å². The van der Waals surface area contributed by atoms with Crippen LogP contribution in [0.3, 0.4) is 0 Å². The van der Waals surface area contributed by atoms with E-state index in [4.69, 9.17) is 10.2 Å². The number of tetrazole rings is 1. The Hall–Kier alpha value is -2.52. The molecule has 0 spiro atoms. The van der Waals surface area contributed by atoms with Crippen LogP contribution in [0, 0.1) is 0 Å². The first-order chi connectivity index (χ1) is 7.99. The van der Waals surface area contributed by atoms with Crippen LogP contribution < -0.4 is 5.32 Å². The molecule has 1 aromatic rings. The molecule has 1 aromatic heterocycles. The van der Waals surface area contributed by atoms with Crippen molar-refractivity contribution in [3.05, 3.63) is 6.33 Å². The van der Waals surface area contributed by atoms with Crippen LogP contribution in [0.1, 0.15) is 6.42 Å². The minimum Gasteiger partial charge on any atom is -0.481 e. The predicted molar refractivity (Wildman–Crippen MR) is 49.6 cm³/mol. The van der Waals surface area contributed by atoms with Gasteiger partial charge in [0.1, 0.15) is 18.9 Å². The standard InChI is InChI=1S/C7H9N5O5/c13-5(2-12-3-8-10-11-12)9-4(7(16)17)1-6(14)15/h3-4H,1-2H2,(H,9,13)(H,14,15)(H,16,17)/t4-/m0/s1. The van der Waals surface area contributed by atoms with Gasteiger partial charge in [0, 0.05) is 0 Å². The third-order valence-electron chi connectivity index (χ3n) is 1.71. The second-order valence-electron chi connectivity index (χ2n) is 3.06. The van der Waals surface area contributed by atoms with Crippen molar-refractivity contribution < 1.29 is 24.6 Å². The van der Waals surface area contributed by atoms with Gasteiger partial charge in [0.2, 0.25) is 5.91 Å². The number of hydrogen-bond donors (Lipinski definition) is 3. The van der Waals surface area contributed by atoms with Crippen molar-refractivity contribution in [1.82, 2.24) is 25.5 Å². The number of aliphatic carboxylic acids is 2. The average Bonchev–Trinajstić information content (AvgIpc) is 2.68. The minimum atomic E-state index is -1.48. The third kappa shape index (κ3) is 4.24. The summed E-state index contributed by atoms with van der Waals surface area (Å²) < 4.78 is 1.08. The van der Waals surface area contributed by atoms with Crippen molar-refractivity contribution >= 4 is 17.8 Å². The zero-order chi connectivity index (χ0) is 12.8. The summed E-state index contributed by atoms with van der Waals surface area (Å²) in [4.78, 5) is 32.3. The maximum atomic E-state index is 11.3. The molecule has 1 amide bonds. The van der Waals surface area contributed by atoms with Gasteiger partial charge in [-0.25, -0.2) is 9.48 Å². The van der Waals surface area contributed by atoms with Crippen LogP contribution in [0.5, 0.6) is 0 Å². The summed E-state index contributed by atoms with van der Waals surface area (Å²) in [5.74, 6) is -3.43. The van der Waals surface area contributed by atoms with Crippen LogP contribution in [-0.2, 0) is 20.9 Å². The van der Waals surface area contributed by atoms with E-state index in [-0.39, 0.29) is 6.54 Å². The van der Waals surface area contributed by atoms with E-state index >= 15 is 0 Å². The van der Waals surface area contributed by atoms with E-state index in [1.165, 1.54) is 6.33 Å². The van der Waals surface area contributed by atoms with Gasteiger partial charge in [-0.15, -0.1) is 5.10 Å². The van der Waals surface area contributed by atoms with Gasteiger partial charge in [-0.1, -0.05) is 0 Å². The lowest BCUT2D eigenvalue weighted by atomic mass is 10.2. The summed E-state index contributed by atoms with van der Waals surface area (Å²) in [5.41, 5.74) is 0. The molecule has 10 heteroatoms. The van der Waals surface area contributed by atoms with E-state index in [1.54, 1.807) is 0 Å². The summed E-state index contributed by atoms with van der Waals surface area (Å²) >= 11 is 0. The lowest BCUT2D eigenvalue weighted by Gasteiger charge is -2.11. The van der Waals surface area contributed by atoms with E-state index in [2.05, 4.69) is 20.8 Å². The number of carbonyl (C=O) groups excluding carboxylic acids is 1. The van der Waals surface area contributed by atoms with Crippen molar-refractivity contribution in [3.63, 3.8) is 0 Å². The minimum absolute atomic E-state index is 0.281. The molecular weight excluding hydrogens is 234 g/mol. The number of carboxylic acids is 2. The topological polar surface area (TPSA) is 147 Å². The SMILES string of the molecule is O=C(O)C[C@H](NC(=O)Cn1cnnn1)C(=O)O. The van der Waals surface area contributed by atoms with E-state index in [1.807, 2.05) is 0 Å². The first-order valence-electron chi connectivity index (χ1n) is 4.43. The van der Waals surface area contributed by atoms with Crippen molar-refractivity contribution in [2.24, 2.45) is 0 Å². The summed E-state index contributed by atoms with van der Waals surface area (Å²) in [7, 11) is 0. The third-order valence-corrected chi connectivity index (χ3v) is 1.71. The monoisotopic (exact) mass is 243 g/mol. The molecule has 0 fully saturated rings. The Morgan fingerprint density at radius 3 is 2.53 bits per heavy atom. The van der Waals surface area contributed by atoms with Crippen molar-refractivity contribution in [1.29, 1.82) is 0 Å². The Kier molecular flexibility index (Phi) is 4.08. The molecule has 0 saturated carbocycles. The highest BCUT2D eigenvalue weighted by Crippen LogP contribution is 1.93. The zero-order valence-electron chi connectivity index (χ0n) is 8.48. The molecule has 1 heterocycles. The summed E-state index contributed by atoms with van der Waals surface area (Å²) in [6.07, 6.45) is 0.475. The molecule has 0 saturated heterocycles. The molecule has 0 unspecified atom stereocenters. The smallest absolute Gasteiger partial charge is 0.326 e. The second kappa shape index (κ2) is 5.53. The van der Waals surface area contributed by atoms with Gasteiger partial charge in [-0.3, -0.25) is 9.59 Å². The normalized spacial score (nSPS) is 11.8. The van der Waals surface area contributed by atoms with Gasteiger partial charge in [-0.05, 0) is 10.4 Å². The van der Waals surface area contributed by atoms with Gasteiger partial charge < -0.3 is 15.5 Å². The summed E-state index contributed by atoms with van der Waals surface area (Å²) in [6, 6.07) is -1.48. The van der Waals surface area contributed by atoms with Gasteiger partial charge >= 0.3 is 11.9 Å². The first-order valence-corrected chi connectivity index (χ1v) is 4.43. The van der Waals surface area contributed by atoms with Gasteiger partial charge in [0.15, 0.2) is 0 Å². The number of nitrogens with zero attached hydrogens (tertiary/aromatic N) is 4. The quantitative estimate of drug-likeness (QED) is 0.506. The van der Waals surface area contributed by atoms with Crippen LogP contribution in [-0.4, -0.2) is 54.3 Å². The van der Waals surface area contributed by atoms with E-state index in [0.717, 1.165) is 4.68 Å². The lowest BCUT2D eigenvalue weighted by Crippen LogP contribution is -2.43.